The van der Waals surface area contributed by atoms with Crippen molar-refractivity contribution in [1.29, 1.82) is 0 Å². The van der Waals surface area contributed by atoms with E-state index in [4.69, 9.17) is 0 Å². The highest BCUT2D eigenvalue weighted by Crippen LogP contribution is 2.29. The van der Waals surface area contributed by atoms with Crippen molar-refractivity contribution < 1.29 is 0 Å². The third-order valence-corrected chi connectivity index (χ3v) is 4.96. The molecule has 0 atom stereocenters. The van der Waals surface area contributed by atoms with Crippen LogP contribution in [0.3, 0.4) is 0 Å². The zero-order chi connectivity index (χ0) is 12.4. The summed E-state index contributed by atoms with van der Waals surface area (Å²) in [5.74, 6) is 0.911. The highest BCUT2D eigenvalue weighted by molar-refractivity contribution is 9.10. The average molecular weight is 376 g/mol. The largest absolute Gasteiger partial charge is 0.270 e. The van der Waals surface area contributed by atoms with Crippen molar-refractivity contribution in [2.24, 2.45) is 7.05 Å². The van der Waals surface area contributed by atoms with Crippen molar-refractivity contribution in [3.8, 4) is 0 Å². The molecule has 2 nitrogen and oxygen atoms in total. The van der Waals surface area contributed by atoms with Crippen molar-refractivity contribution in [2.45, 2.75) is 17.6 Å². The SMILES string of the molecule is Cc1nn(C)c(CSc2cccc(Br)c2)c1Br. The number of hydrogen-bond acceptors (Lipinski definition) is 2. The van der Waals surface area contributed by atoms with E-state index in [0.717, 1.165) is 20.4 Å². The molecule has 0 amide bonds. The van der Waals surface area contributed by atoms with Gasteiger partial charge in [0, 0.05) is 22.2 Å². The minimum atomic E-state index is 0.911. The Bertz CT molecular complexity index is 537. The Hall–Kier alpha value is -0.260. The molecule has 0 bridgehead atoms. The van der Waals surface area contributed by atoms with E-state index in [2.05, 4.69) is 55.2 Å². The van der Waals surface area contributed by atoms with Crippen LogP contribution in [0.4, 0.5) is 0 Å². The summed E-state index contributed by atoms with van der Waals surface area (Å²) in [6, 6.07) is 8.33. The summed E-state index contributed by atoms with van der Waals surface area (Å²) in [6.45, 7) is 2.01. The van der Waals surface area contributed by atoms with Crippen molar-refractivity contribution >= 4 is 43.6 Å². The van der Waals surface area contributed by atoms with Gasteiger partial charge in [0.2, 0.25) is 0 Å². The summed E-state index contributed by atoms with van der Waals surface area (Å²) < 4.78 is 4.16. The van der Waals surface area contributed by atoms with Crippen LogP contribution >= 0.6 is 43.6 Å². The van der Waals surface area contributed by atoms with Crippen LogP contribution in [-0.4, -0.2) is 9.78 Å². The van der Waals surface area contributed by atoms with Gasteiger partial charge < -0.3 is 0 Å². The first kappa shape index (κ1) is 13.2. The summed E-state index contributed by atoms with van der Waals surface area (Å²) in [5, 5.41) is 4.39. The van der Waals surface area contributed by atoms with Crippen LogP contribution in [0.5, 0.6) is 0 Å². The second-order valence-corrected chi connectivity index (χ2v) is 6.47. The van der Waals surface area contributed by atoms with Crippen molar-refractivity contribution in [3.63, 3.8) is 0 Å². The number of benzene rings is 1. The van der Waals surface area contributed by atoms with Crippen molar-refractivity contribution in [3.05, 3.63) is 44.6 Å². The lowest BCUT2D eigenvalue weighted by Gasteiger charge is -2.03. The van der Waals surface area contributed by atoms with E-state index >= 15 is 0 Å². The minimum absolute atomic E-state index is 0.911. The fraction of sp³-hybridized carbons (Fsp3) is 0.250. The molecule has 0 radical (unpaired) electrons. The molecule has 2 rings (SSSR count). The number of thioether (sulfide) groups is 1. The Balaban J connectivity index is 2.12. The summed E-state index contributed by atoms with van der Waals surface area (Å²) >= 11 is 8.87. The Kier molecular flexibility index (Phi) is 4.33. The van der Waals surface area contributed by atoms with Gasteiger partial charge in [-0.2, -0.15) is 5.10 Å². The standard InChI is InChI=1S/C12H12Br2N2S/c1-8-12(14)11(16(2)15-8)7-17-10-5-3-4-9(13)6-10/h3-6H,7H2,1-2H3. The molecule has 0 N–H and O–H groups in total. The molecule has 1 aromatic carbocycles. The predicted molar refractivity (Wildman–Crippen MR) is 79.3 cm³/mol. The van der Waals surface area contributed by atoms with Gasteiger partial charge in [0.1, 0.15) is 0 Å². The molecule has 5 heteroatoms. The Morgan fingerprint density at radius 3 is 2.71 bits per heavy atom. The van der Waals surface area contributed by atoms with Gasteiger partial charge in [-0.3, -0.25) is 4.68 Å². The summed E-state index contributed by atoms with van der Waals surface area (Å²) in [4.78, 5) is 1.25. The number of aryl methyl sites for hydroxylation is 2. The van der Waals surface area contributed by atoms with Gasteiger partial charge in [-0.1, -0.05) is 22.0 Å². The van der Waals surface area contributed by atoms with Gasteiger partial charge in [0.15, 0.2) is 0 Å². The Labute approximate surface area is 122 Å². The molecule has 0 aliphatic rings. The lowest BCUT2D eigenvalue weighted by molar-refractivity contribution is 0.727. The zero-order valence-corrected chi connectivity index (χ0v) is 13.6. The zero-order valence-electron chi connectivity index (χ0n) is 9.58. The molecule has 0 aliphatic heterocycles. The molecule has 2 aromatic rings. The van der Waals surface area contributed by atoms with Crippen LogP contribution in [0.15, 0.2) is 38.1 Å². The molecule has 0 spiro atoms. The normalized spacial score (nSPS) is 10.8. The van der Waals surface area contributed by atoms with Crippen molar-refractivity contribution in [1.82, 2.24) is 9.78 Å². The molecule has 0 aliphatic carbocycles. The lowest BCUT2D eigenvalue weighted by Crippen LogP contribution is -1.96. The smallest absolute Gasteiger partial charge is 0.0738 e. The fourth-order valence-electron chi connectivity index (χ4n) is 1.55. The average Bonchev–Trinajstić information content (AvgIpc) is 2.51. The number of nitrogens with zero attached hydrogens (tertiary/aromatic N) is 2. The van der Waals surface area contributed by atoms with Gasteiger partial charge in [-0.25, -0.2) is 0 Å². The molecular weight excluding hydrogens is 364 g/mol. The van der Waals surface area contributed by atoms with E-state index in [9.17, 15) is 0 Å². The first-order valence-corrected chi connectivity index (χ1v) is 7.71. The maximum Gasteiger partial charge on any atom is 0.0738 e. The highest BCUT2D eigenvalue weighted by atomic mass is 79.9. The van der Waals surface area contributed by atoms with Crippen LogP contribution in [0.2, 0.25) is 0 Å². The molecule has 0 unspecified atom stereocenters. The van der Waals surface area contributed by atoms with Crippen LogP contribution in [-0.2, 0) is 12.8 Å². The second kappa shape index (κ2) is 5.59. The van der Waals surface area contributed by atoms with E-state index in [-0.39, 0.29) is 0 Å². The van der Waals surface area contributed by atoms with E-state index in [0.29, 0.717) is 0 Å². The second-order valence-electron chi connectivity index (χ2n) is 3.72. The quantitative estimate of drug-likeness (QED) is 0.732. The van der Waals surface area contributed by atoms with Gasteiger partial charge in [-0.15, -0.1) is 11.8 Å². The fourth-order valence-corrected chi connectivity index (χ4v) is 3.78. The summed E-state index contributed by atoms with van der Waals surface area (Å²) in [5.41, 5.74) is 2.25. The van der Waals surface area contributed by atoms with Crippen LogP contribution in [0.1, 0.15) is 11.4 Å². The number of rotatable bonds is 3. The summed E-state index contributed by atoms with van der Waals surface area (Å²) in [7, 11) is 1.98. The molecule has 90 valence electrons. The third-order valence-electron chi connectivity index (χ3n) is 2.43. The molecule has 1 heterocycles. The predicted octanol–water partition coefficient (Wildman–Crippen LogP) is 4.55. The monoisotopic (exact) mass is 374 g/mol. The molecular formula is C12H12Br2N2S. The number of halogens is 2. The molecule has 0 saturated carbocycles. The first-order valence-electron chi connectivity index (χ1n) is 5.14. The highest BCUT2D eigenvalue weighted by Gasteiger charge is 2.10. The van der Waals surface area contributed by atoms with E-state index < -0.39 is 0 Å². The maximum atomic E-state index is 4.39. The van der Waals surface area contributed by atoms with Crippen LogP contribution < -0.4 is 0 Å². The van der Waals surface area contributed by atoms with Crippen molar-refractivity contribution in [2.75, 3.05) is 0 Å². The van der Waals surface area contributed by atoms with Gasteiger partial charge in [-0.05, 0) is 41.1 Å². The summed E-state index contributed by atoms with van der Waals surface area (Å²) in [6.07, 6.45) is 0. The van der Waals surface area contributed by atoms with E-state index in [1.807, 2.05) is 36.5 Å². The molecule has 0 fully saturated rings. The lowest BCUT2D eigenvalue weighted by atomic mass is 10.4. The van der Waals surface area contributed by atoms with Gasteiger partial charge >= 0.3 is 0 Å². The topological polar surface area (TPSA) is 17.8 Å². The maximum absolute atomic E-state index is 4.39. The van der Waals surface area contributed by atoms with Gasteiger partial charge in [0.25, 0.3) is 0 Å². The number of hydrogen-bond donors (Lipinski definition) is 0. The third kappa shape index (κ3) is 3.14. The van der Waals surface area contributed by atoms with Crippen LogP contribution in [0, 0.1) is 6.92 Å². The molecule has 0 saturated heterocycles. The Morgan fingerprint density at radius 1 is 1.35 bits per heavy atom. The molecule has 17 heavy (non-hydrogen) atoms. The Morgan fingerprint density at radius 2 is 2.12 bits per heavy atom. The number of aromatic nitrogens is 2. The van der Waals surface area contributed by atoms with E-state index in [1.165, 1.54) is 10.6 Å². The van der Waals surface area contributed by atoms with Crippen LogP contribution in [0.25, 0.3) is 0 Å². The molecule has 1 aromatic heterocycles. The first-order chi connectivity index (χ1) is 8.08. The minimum Gasteiger partial charge on any atom is -0.270 e. The van der Waals surface area contributed by atoms with E-state index in [1.54, 1.807) is 0 Å². The van der Waals surface area contributed by atoms with Gasteiger partial charge in [0.05, 0.1) is 15.9 Å².